The average molecular weight is 388 g/mol. The molecule has 0 bridgehead atoms. The Morgan fingerprint density at radius 3 is 2.50 bits per heavy atom. The minimum atomic E-state index is -0.571. The quantitative estimate of drug-likeness (QED) is 0.673. The summed E-state index contributed by atoms with van der Waals surface area (Å²) < 4.78 is 5.34. The van der Waals surface area contributed by atoms with Gasteiger partial charge in [-0.1, -0.05) is 36.4 Å². The number of nitrogens with one attached hydrogen (secondary N) is 2. The highest BCUT2D eigenvalue weighted by Gasteiger charge is 2.19. The average Bonchev–Trinajstić information content (AvgIpc) is 3.12. The standard InChI is InChI=1S/C22H33N3O3/c1-22(2,3)28-21(27)24-19(17-18-9-5-4-6-10-18)11-12-20(26)23-13-16-25-14-7-8-15-25/h4-6,9-12,19H,7-8,13-17H2,1-3H3,(H,23,26)(H,24,27)/t19-/m1/s1. The second-order valence-corrected chi connectivity index (χ2v) is 8.14. The molecule has 6 nitrogen and oxygen atoms in total. The summed E-state index contributed by atoms with van der Waals surface area (Å²) in [5.41, 5.74) is 0.501. The van der Waals surface area contributed by atoms with Gasteiger partial charge in [-0.05, 0) is 58.7 Å². The number of carbonyl (C=O) groups excluding carboxylic acids is 2. The molecule has 1 aliphatic rings. The smallest absolute Gasteiger partial charge is 0.408 e. The molecule has 1 heterocycles. The number of rotatable bonds is 8. The topological polar surface area (TPSA) is 70.7 Å². The number of amides is 2. The predicted molar refractivity (Wildman–Crippen MR) is 111 cm³/mol. The molecule has 1 atom stereocenters. The van der Waals surface area contributed by atoms with E-state index in [-0.39, 0.29) is 11.9 Å². The number of benzene rings is 1. The van der Waals surface area contributed by atoms with Crippen LogP contribution in [0.4, 0.5) is 4.79 Å². The second kappa shape index (κ2) is 10.9. The number of hydrogen-bond donors (Lipinski definition) is 2. The number of ether oxygens (including phenoxy) is 1. The number of nitrogens with zero attached hydrogens (tertiary/aromatic N) is 1. The summed E-state index contributed by atoms with van der Waals surface area (Å²) in [6.07, 6.45) is 5.79. The highest BCUT2D eigenvalue weighted by molar-refractivity contribution is 5.87. The van der Waals surface area contributed by atoms with Gasteiger partial charge in [0.05, 0.1) is 6.04 Å². The molecule has 1 aromatic rings. The molecule has 1 fully saturated rings. The first-order valence-electron chi connectivity index (χ1n) is 10.0. The molecule has 0 spiro atoms. The molecule has 0 aromatic heterocycles. The molecule has 2 amide bonds. The van der Waals surface area contributed by atoms with Gasteiger partial charge in [0.25, 0.3) is 0 Å². The zero-order chi connectivity index (χ0) is 20.4. The van der Waals surface area contributed by atoms with Crippen LogP contribution in [0.5, 0.6) is 0 Å². The fraction of sp³-hybridized carbons (Fsp3) is 0.545. The van der Waals surface area contributed by atoms with Crippen molar-refractivity contribution < 1.29 is 14.3 Å². The van der Waals surface area contributed by atoms with E-state index in [1.165, 1.54) is 18.9 Å². The predicted octanol–water partition coefficient (Wildman–Crippen LogP) is 2.89. The minimum absolute atomic E-state index is 0.150. The molecule has 2 rings (SSSR count). The number of likely N-dealkylation sites (tertiary alicyclic amines) is 1. The molecule has 1 saturated heterocycles. The van der Waals surface area contributed by atoms with Crippen molar-refractivity contribution in [2.75, 3.05) is 26.2 Å². The first-order valence-corrected chi connectivity index (χ1v) is 10.0. The molecule has 1 aliphatic heterocycles. The summed E-state index contributed by atoms with van der Waals surface area (Å²) in [6, 6.07) is 9.51. The molecule has 2 N–H and O–H groups in total. The van der Waals surface area contributed by atoms with Crippen LogP contribution in [-0.2, 0) is 16.0 Å². The number of carbonyl (C=O) groups is 2. The Kier molecular flexibility index (Phi) is 8.51. The Bertz CT molecular complexity index is 647. The van der Waals surface area contributed by atoms with Crippen molar-refractivity contribution in [2.45, 2.75) is 51.7 Å². The van der Waals surface area contributed by atoms with Crippen molar-refractivity contribution in [3.63, 3.8) is 0 Å². The van der Waals surface area contributed by atoms with E-state index in [1.807, 2.05) is 51.1 Å². The maximum absolute atomic E-state index is 12.1. The van der Waals surface area contributed by atoms with Gasteiger partial charge in [-0.25, -0.2) is 4.79 Å². The van der Waals surface area contributed by atoms with Crippen molar-refractivity contribution in [3.8, 4) is 0 Å². The van der Waals surface area contributed by atoms with E-state index in [4.69, 9.17) is 4.74 Å². The molecule has 28 heavy (non-hydrogen) atoms. The van der Waals surface area contributed by atoms with Crippen LogP contribution < -0.4 is 10.6 Å². The monoisotopic (exact) mass is 387 g/mol. The zero-order valence-electron chi connectivity index (χ0n) is 17.2. The lowest BCUT2D eigenvalue weighted by atomic mass is 10.1. The van der Waals surface area contributed by atoms with E-state index in [0.29, 0.717) is 13.0 Å². The van der Waals surface area contributed by atoms with Gasteiger partial charge in [0.1, 0.15) is 5.60 Å². The molecular formula is C22H33N3O3. The Balaban J connectivity index is 1.88. The van der Waals surface area contributed by atoms with Gasteiger partial charge in [-0.3, -0.25) is 4.79 Å². The van der Waals surface area contributed by atoms with E-state index < -0.39 is 11.7 Å². The molecule has 6 heteroatoms. The molecule has 0 aliphatic carbocycles. The van der Waals surface area contributed by atoms with Crippen LogP contribution in [-0.4, -0.2) is 54.7 Å². The van der Waals surface area contributed by atoms with Crippen molar-refractivity contribution in [1.29, 1.82) is 0 Å². The molecule has 0 unspecified atom stereocenters. The van der Waals surface area contributed by atoms with Crippen LogP contribution in [0.3, 0.4) is 0 Å². The van der Waals surface area contributed by atoms with Crippen molar-refractivity contribution in [1.82, 2.24) is 15.5 Å². The summed E-state index contributed by atoms with van der Waals surface area (Å²) >= 11 is 0. The minimum Gasteiger partial charge on any atom is -0.444 e. The van der Waals surface area contributed by atoms with Crippen LogP contribution in [0.1, 0.15) is 39.2 Å². The van der Waals surface area contributed by atoms with Crippen molar-refractivity contribution in [2.24, 2.45) is 0 Å². The fourth-order valence-electron chi connectivity index (χ4n) is 3.10. The molecular weight excluding hydrogens is 354 g/mol. The van der Waals surface area contributed by atoms with Gasteiger partial charge in [-0.2, -0.15) is 0 Å². The maximum atomic E-state index is 12.1. The van der Waals surface area contributed by atoms with E-state index in [9.17, 15) is 9.59 Å². The fourth-order valence-corrected chi connectivity index (χ4v) is 3.10. The lowest BCUT2D eigenvalue weighted by molar-refractivity contribution is -0.116. The van der Waals surface area contributed by atoms with Crippen molar-refractivity contribution in [3.05, 3.63) is 48.0 Å². The van der Waals surface area contributed by atoms with E-state index in [0.717, 1.165) is 25.2 Å². The Labute approximate surface area is 168 Å². The summed E-state index contributed by atoms with van der Waals surface area (Å²) in [7, 11) is 0. The third kappa shape index (κ3) is 9.04. The molecule has 1 aromatic carbocycles. The van der Waals surface area contributed by atoms with Gasteiger partial charge >= 0.3 is 6.09 Å². The Morgan fingerprint density at radius 2 is 1.86 bits per heavy atom. The van der Waals surface area contributed by atoms with Crippen LogP contribution in [0.2, 0.25) is 0 Å². The van der Waals surface area contributed by atoms with Crippen LogP contribution >= 0.6 is 0 Å². The highest BCUT2D eigenvalue weighted by Crippen LogP contribution is 2.09. The second-order valence-electron chi connectivity index (χ2n) is 8.14. The number of hydrogen-bond acceptors (Lipinski definition) is 4. The number of alkyl carbamates (subject to hydrolysis) is 1. The Hall–Kier alpha value is -2.34. The molecule has 0 radical (unpaired) electrons. The summed E-state index contributed by atoms with van der Waals surface area (Å²) in [6.45, 7) is 9.21. The van der Waals surface area contributed by atoms with Crippen LogP contribution in [0.25, 0.3) is 0 Å². The first kappa shape index (κ1) is 22.0. The lowest BCUT2D eigenvalue weighted by Crippen LogP contribution is -2.39. The Morgan fingerprint density at radius 1 is 1.18 bits per heavy atom. The first-order chi connectivity index (χ1) is 13.3. The SMILES string of the molecule is CC(C)(C)OC(=O)N[C@H](C=CC(=O)NCCN1CCCC1)Cc1ccccc1. The van der Waals surface area contributed by atoms with E-state index in [1.54, 1.807) is 6.08 Å². The third-order valence-electron chi connectivity index (χ3n) is 4.41. The van der Waals surface area contributed by atoms with Crippen molar-refractivity contribution >= 4 is 12.0 Å². The van der Waals surface area contributed by atoms with E-state index >= 15 is 0 Å². The highest BCUT2D eigenvalue weighted by atomic mass is 16.6. The van der Waals surface area contributed by atoms with Gasteiger partial charge in [0.2, 0.25) is 5.91 Å². The summed E-state index contributed by atoms with van der Waals surface area (Å²) in [5, 5.41) is 5.75. The lowest BCUT2D eigenvalue weighted by Gasteiger charge is -2.22. The van der Waals surface area contributed by atoms with Crippen LogP contribution in [0, 0.1) is 0 Å². The van der Waals surface area contributed by atoms with E-state index in [2.05, 4.69) is 15.5 Å². The summed E-state index contributed by atoms with van der Waals surface area (Å²) in [4.78, 5) is 26.6. The normalized spacial score (nSPS) is 16.1. The van der Waals surface area contributed by atoms with Gasteiger partial charge in [0.15, 0.2) is 0 Å². The largest absolute Gasteiger partial charge is 0.444 e. The van der Waals surface area contributed by atoms with Crippen LogP contribution in [0.15, 0.2) is 42.5 Å². The van der Waals surface area contributed by atoms with Gasteiger partial charge < -0.3 is 20.3 Å². The van der Waals surface area contributed by atoms with Gasteiger partial charge in [-0.15, -0.1) is 0 Å². The zero-order valence-corrected chi connectivity index (χ0v) is 17.2. The third-order valence-corrected chi connectivity index (χ3v) is 4.41. The molecule has 154 valence electrons. The molecule has 0 saturated carbocycles. The summed E-state index contributed by atoms with van der Waals surface area (Å²) in [5.74, 6) is -0.150. The maximum Gasteiger partial charge on any atom is 0.408 e. The van der Waals surface area contributed by atoms with Gasteiger partial charge in [0, 0.05) is 19.2 Å².